The van der Waals surface area contributed by atoms with Crippen molar-refractivity contribution in [2.24, 2.45) is 0 Å². The molecule has 1 aromatic carbocycles. The Labute approximate surface area is 241 Å². The van der Waals surface area contributed by atoms with Crippen LogP contribution in [0.2, 0.25) is 0 Å². The minimum Gasteiger partial charge on any atom is -0.462 e. The Morgan fingerprint density at radius 2 is 2.00 bits per heavy atom. The number of piperazine rings is 1. The van der Waals surface area contributed by atoms with Crippen molar-refractivity contribution in [3.05, 3.63) is 59.1 Å². The molecule has 0 spiro atoms. The normalized spacial score (nSPS) is 22.9. The highest BCUT2D eigenvalue weighted by atomic mass is 19.4. The van der Waals surface area contributed by atoms with Crippen LogP contribution in [0.1, 0.15) is 47.8 Å². The van der Waals surface area contributed by atoms with Gasteiger partial charge in [0.2, 0.25) is 0 Å². The Morgan fingerprint density at radius 1 is 1.21 bits per heavy atom. The van der Waals surface area contributed by atoms with Crippen molar-refractivity contribution in [3.63, 3.8) is 0 Å². The fourth-order valence-corrected chi connectivity index (χ4v) is 5.90. The summed E-state index contributed by atoms with van der Waals surface area (Å²) in [6.07, 6.45) is -3.39. The highest BCUT2D eigenvalue weighted by Gasteiger charge is 2.39. The SMILES string of the molecule is C=C(F)C(=O)N1CCN(c2nc(OC[C@H]3CCCN3C)nc3c2CO[C@@H](c2ccccc2C(F)(F)F)C3)C[C@@H]1CC#N. The topological polar surface area (TPSA) is 94.8 Å². The van der Waals surface area contributed by atoms with Gasteiger partial charge in [-0.05, 0) is 38.1 Å². The van der Waals surface area contributed by atoms with E-state index in [9.17, 15) is 27.6 Å². The van der Waals surface area contributed by atoms with E-state index >= 15 is 0 Å². The van der Waals surface area contributed by atoms with Gasteiger partial charge >= 0.3 is 12.2 Å². The van der Waals surface area contributed by atoms with Crippen LogP contribution in [0.5, 0.6) is 6.01 Å². The first-order valence-corrected chi connectivity index (χ1v) is 13.8. The Morgan fingerprint density at radius 3 is 2.69 bits per heavy atom. The summed E-state index contributed by atoms with van der Waals surface area (Å²) >= 11 is 0. The standard InChI is InChI=1S/C29H32F4N6O3/c1-18(30)27(40)39-13-12-38(15-19(39)9-10-34)26-22-17-41-25(21-7-3-4-8-23(21)29(31,32)33)14-24(22)35-28(36-26)42-16-20-6-5-11-37(20)2/h3-4,7-8,19-20,25H,1,5-6,9,11-17H2,2H3/t19-,20+,25+/m0/s1. The molecule has 42 heavy (non-hydrogen) atoms. The Hall–Kier alpha value is -3.76. The molecule has 224 valence electrons. The lowest BCUT2D eigenvalue weighted by molar-refractivity contribution is -0.139. The molecule has 0 aliphatic carbocycles. The van der Waals surface area contributed by atoms with Crippen molar-refractivity contribution >= 4 is 11.7 Å². The fourth-order valence-electron chi connectivity index (χ4n) is 5.90. The summed E-state index contributed by atoms with van der Waals surface area (Å²) in [6.45, 7) is 4.94. The smallest absolute Gasteiger partial charge is 0.416 e. The molecule has 3 aliphatic rings. The number of alkyl halides is 3. The lowest BCUT2D eigenvalue weighted by Gasteiger charge is -2.42. The molecule has 1 amide bonds. The molecule has 3 atom stereocenters. The van der Waals surface area contributed by atoms with Crippen LogP contribution in [0.3, 0.4) is 0 Å². The van der Waals surface area contributed by atoms with Crippen molar-refractivity contribution in [1.29, 1.82) is 5.26 Å². The minimum atomic E-state index is -4.55. The van der Waals surface area contributed by atoms with Gasteiger partial charge in [-0.15, -0.1) is 0 Å². The number of hydrogen-bond acceptors (Lipinski definition) is 8. The monoisotopic (exact) mass is 588 g/mol. The second-order valence-corrected chi connectivity index (χ2v) is 10.8. The first-order valence-electron chi connectivity index (χ1n) is 13.8. The summed E-state index contributed by atoms with van der Waals surface area (Å²) < 4.78 is 67.1. The zero-order chi connectivity index (χ0) is 30.0. The highest BCUT2D eigenvalue weighted by Crippen LogP contribution is 2.41. The van der Waals surface area contributed by atoms with Crippen molar-refractivity contribution < 1.29 is 31.8 Å². The molecule has 0 unspecified atom stereocenters. The molecule has 2 saturated heterocycles. The number of fused-ring (bicyclic) bond motifs is 1. The molecule has 0 bridgehead atoms. The highest BCUT2D eigenvalue weighted by molar-refractivity contribution is 5.91. The predicted octanol–water partition coefficient (Wildman–Crippen LogP) is 4.20. The number of benzene rings is 1. The average Bonchev–Trinajstić information content (AvgIpc) is 3.39. The van der Waals surface area contributed by atoms with E-state index in [0.29, 0.717) is 23.7 Å². The summed E-state index contributed by atoms with van der Waals surface area (Å²) in [5.74, 6) is -1.50. The minimum absolute atomic E-state index is 0.0264. The van der Waals surface area contributed by atoms with Gasteiger partial charge in [0.1, 0.15) is 12.4 Å². The third kappa shape index (κ3) is 6.19. The Bertz CT molecular complexity index is 1380. The van der Waals surface area contributed by atoms with Crippen LogP contribution in [0.25, 0.3) is 0 Å². The quantitative estimate of drug-likeness (QED) is 0.351. The largest absolute Gasteiger partial charge is 0.462 e. The summed E-state index contributed by atoms with van der Waals surface area (Å²) in [7, 11) is 2.02. The molecular weight excluding hydrogens is 556 g/mol. The Kier molecular flexibility index (Phi) is 8.65. The van der Waals surface area contributed by atoms with Crippen molar-refractivity contribution in [2.75, 3.05) is 44.7 Å². The third-order valence-corrected chi connectivity index (χ3v) is 8.15. The molecule has 0 saturated carbocycles. The van der Waals surface area contributed by atoms with Crippen LogP contribution in [0.4, 0.5) is 23.4 Å². The lowest BCUT2D eigenvalue weighted by Crippen LogP contribution is -2.55. The second kappa shape index (κ2) is 12.2. The number of rotatable bonds is 7. The van der Waals surface area contributed by atoms with Crippen LogP contribution in [0, 0.1) is 11.3 Å². The summed E-state index contributed by atoms with van der Waals surface area (Å²) in [4.78, 5) is 27.1. The van der Waals surface area contributed by atoms with Crippen molar-refractivity contribution in [2.45, 2.75) is 56.7 Å². The molecule has 4 heterocycles. The number of amides is 1. The maximum absolute atomic E-state index is 13.8. The molecule has 0 radical (unpaired) electrons. The predicted molar refractivity (Wildman–Crippen MR) is 144 cm³/mol. The van der Waals surface area contributed by atoms with Crippen LogP contribution < -0.4 is 9.64 Å². The first-order chi connectivity index (χ1) is 20.1. The average molecular weight is 589 g/mol. The van der Waals surface area contributed by atoms with Gasteiger partial charge in [0.15, 0.2) is 5.83 Å². The number of hydrogen-bond donors (Lipinski definition) is 0. The van der Waals surface area contributed by atoms with Crippen molar-refractivity contribution in [1.82, 2.24) is 19.8 Å². The van der Waals surface area contributed by atoms with Crippen LogP contribution in [-0.2, 0) is 28.7 Å². The molecule has 2 fully saturated rings. The zero-order valence-electron chi connectivity index (χ0n) is 23.2. The van der Waals surface area contributed by atoms with Gasteiger partial charge < -0.3 is 24.2 Å². The van der Waals surface area contributed by atoms with Gasteiger partial charge in [-0.3, -0.25) is 4.79 Å². The maximum atomic E-state index is 13.8. The van der Waals surface area contributed by atoms with E-state index in [1.807, 2.05) is 11.9 Å². The fraction of sp³-hybridized carbons (Fsp3) is 0.517. The number of aromatic nitrogens is 2. The summed E-state index contributed by atoms with van der Waals surface area (Å²) in [6, 6.07) is 7.05. The van der Waals surface area contributed by atoms with E-state index in [1.54, 1.807) is 6.07 Å². The van der Waals surface area contributed by atoms with Crippen molar-refractivity contribution in [3.8, 4) is 12.1 Å². The van der Waals surface area contributed by atoms with Gasteiger partial charge in [-0.2, -0.15) is 28.4 Å². The molecule has 9 nitrogen and oxygen atoms in total. The number of nitriles is 1. The number of anilines is 1. The second-order valence-electron chi connectivity index (χ2n) is 10.8. The van der Waals surface area contributed by atoms with Crippen LogP contribution in [0.15, 0.2) is 36.7 Å². The van der Waals surface area contributed by atoms with Gasteiger partial charge in [0.05, 0.1) is 42.5 Å². The number of carbonyl (C=O) groups is 1. The number of nitrogens with zero attached hydrogens (tertiary/aromatic N) is 6. The number of likely N-dealkylation sites (tertiary alicyclic amines) is 1. The maximum Gasteiger partial charge on any atom is 0.416 e. The summed E-state index contributed by atoms with van der Waals surface area (Å²) in [5, 5.41) is 9.39. The van der Waals surface area contributed by atoms with Gasteiger partial charge in [0, 0.05) is 37.7 Å². The van der Waals surface area contributed by atoms with E-state index in [2.05, 4.69) is 27.5 Å². The number of likely N-dealkylation sites (N-methyl/N-ethyl adjacent to an activating group) is 1. The first kappa shape index (κ1) is 29.7. The van der Waals surface area contributed by atoms with E-state index in [0.717, 1.165) is 25.5 Å². The number of ether oxygens (including phenoxy) is 2. The molecule has 5 rings (SSSR count). The summed E-state index contributed by atoms with van der Waals surface area (Å²) in [5.41, 5.74) is 0.378. The zero-order valence-corrected chi connectivity index (χ0v) is 23.2. The molecular formula is C29H32F4N6O3. The molecule has 0 N–H and O–H groups in total. The van der Waals surface area contributed by atoms with E-state index in [-0.39, 0.29) is 56.7 Å². The van der Waals surface area contributed by atoms with Gasteiger partial charge in [-0.1, -0.05) is 24.8 Å². The van der Waals surface area contributed by atoms with Crippen LogP contribution in [-0.4, -0.2) is 77.6 Å². The molecule has 1 aromatic heterocycles. The van der Waals surface area contributed by atoms with Crippen LogP contribution >= 0.6 is 0 Å². The van der Waals surface area contributed by atoms with E-state index in [1.165, 1.54) is 17.0 Å². The number of halogens is 4. The Balaban J connectivity index is 1.47. The van der Waals surface area contributed by atoms with E-state index < -0.39 is 35.6 Å². The molecule has 2 aromatic rings. The third-order valence-electron chi connectivity index (χ3n) is 8.15. The lowest BCUT2D eigenvalue weighted by atomic mass is 9.95. The number of carbonyl (C=O) groups excluding carboxylic acids is 1. The van der Waals surface area contributed by atoms with Gasteiger partial charge in [-0.25, -0.2) is 4.39 Å². The molecule has 13 heteroatoms. The molecule has 3 aliphatic heterocycles. The van der Waals surface area contributed by atoms with E-state index in [4.69, 9.17) is 9.47 Å². The van der Waals surface area contributed by atoms with Gasteiger partial charge in [0.25, 0.3) is 5.91 Å².